The molecule has 1 aliphatic rings. The largest absolute Gasteiger partial charge is 0.493 e. The van der Waals surface area contributed by atoms with Crippen molar-refractivity contribution >= 4 is 0 Å². The summed E-state index contributed by atoms with van der Waals surface area (Å²) < 4.78 is 7.44. The summed E-state index contributed by atoms with van der Waals surface area (Å²) in [6, 6.07) is 0.323. The second-order valence-corrected chi connectivity index (χ2v) is 5.67. The highest BCUT2D eigenvalue weighted by Crippen LogP contribution is 2.33. The first-order valence-electron chi connectivity index (χ1n) is 7.42. The van der Waals surface area contributed by atoms with Gasteiger partial charge in [-0.25, -0.2) is 0 Å². The van der Waals surface area contributed by atoms with E-state index in [9.17, 15) is 0 Å². The maximum absolute atomic E-state index is 5.80. The van der Waals surface area contributed by atoms with Crippen molar-refractivity contribution in [3.8, 4) is 5.75 Å². The topological polar surface area (TPSA) is 65.1 Å². The molecule has 1 atom stereocenters. The highest BCUT2D eigenvalue weighted by Gasteiger charge is 2.23. The van der Waals surface area contributed by atoms with Gasteiger partial charge in [0, 0.05) is 6.04 Å². The maximum atomic E-state index is 5.80. The van der Waals surface area contributed by atoms with Crippen LogP contribution in [0.2, 0.25) is 0 Å². The average molecular weight is 278 g/mol. The van der Waals surface area contributed by atoms with E-state index >= 15 is 0 Å². The number of hydrazine groups is 1. The summed E-state index contributed by atoms with van der Waals surface area (Å²) >= 11 is 0. The molecular weight excluding hydrogens is 252 g/mol. The van der Waals surface area contributed by atoms with Gasteiger partial charge in [0.05, 0.1) is 25.0 Å². The molecule has 0 amide bonds. The lowest BCUT2D eigenvalue weighted by Crippen LogP contribution is -2.31. The van der Waals surface area contributed by atoms with Gasteiger partial charge in [-0.3, -0.25) is 16.0 Å². The second kappa shape index (κ2) is 6.90. The van der Waals surface area contributed by atoms with Crippen LogP contribution in [0.1, 0.15) is 63.7 Å². The Morgan fingerprint density at radius 2 is 2.25 bits per heavy atom. The van der Waals surface area contributed by atoms with Crippen molar-refractivity contribution < 1.29 is 4.74 Å². The van der Waals surface area contributed by atoms with Gasteiger partial charge in [-0.15, -0.1) is 0 Å². The molecular formula is C15H26N4O. The molecule has 0 fully saturated rings. The molecule has 3 N–H and O–H groups in total. The zero-order valence-corrected chi connectivity index (χ0v) is 12.7. The molecule has 1 heterocycles. The van der Waals surface area contributed by atoms with Crippen molar-refractivity contribution in [3.63, 3.8) is 0 Å². The lowest BCUT2D eigenvalue weighted by atomic mass is 9.93. The molecule has 1 aromatic heterocycles. The number of nitrogens with one attached hydrogen (secondary N) is 1. The molecule has 112 valence electrons. The van der Waals surface area contributed by atoms with Crippen molar-refractivity contribution in [2.75, 3.05) is 7.11 Å². The molecule has 1 unspecified atom stereocenters. The highest BCUT2D eigenvalue weighted by molar-refractivity contribution is 5.30. The van der Waals surface area contributed by atoms with Gasteiger partial charge in [0.25, 0.3) is 0 Å². The number of methoxy groups -OCH3 is 1. The van der Waals surface area contributed by atoms with Crippen LogP contribution in [0.4, 0.5) is 0 Å². The first kappa shape index (κ1) is 15.1. The minimum Gasteiger partial charge on any atom is -0.493 e. The molecule has 0 spiro atoms. The van der Waals surface area contributed by atoms with E-state index in [1.54, 1.807) is 13.3 Å². The molecule has 5 heteroatoms. The number of hydrogen-bond acceptors (Lipinski definition) is 4. The summed E-state index contributed by atoms with van der Waals surface area (Å²) in [5.74, 6) is 6.60. The normalized spacial score (nSPS) is 17.1. The van der Waals surface area contributed by atoms with E-state index in [2.05, 4.69) is 30.4 Å². The summed E-state index contributed by atoms with van der Waals surface area (Å²) in [5.41, 5.74) is 5.46. The van der Waals surface area contributed by atoms with E-state index < -0.39 is 0 Å². The third-order valence-electron chi connectivity index (χ3n) is 3.89. The van der Waals surface area contributed by atoms with Crippen molar-refractivity contribution in [2.24, 2.45) is 5.84 Å². The van der Waals surface area contributed by atoms with E-state index in [0.29, 0.717) is 0 Å². The van der Waals surface area contributed by atoms with Crippen LogP contribution in [0.5, 0.6) is 5.75 Å². The number of ether oxygens (including phenoxy) is 1. The minimum atomic E-state index is 0.0409. The molecule has 0 aromatic carbocycles. The fraction of sp³-hybridized carbons (Fsp3) is 0.667. The van der Waals surface area contributed by atoms with Crippen LogP contribution in [0, 0.1) is 0 Å². The van der Waals surface area contributed by atoms with Crippen LogP contribution in [0.15, 0.2) is 17.8 Å². The lowest BCUT2D eigenvalue weighted by Gasteiger charge is -2.23. The van der Waals surface area contributed by atoms with Gasteiger partial charge in [-0.1, -0.05) is 11.6 Å². The van der Waals surface area contributed by atoms with Crippen molar-refractivity contribution in [2.45, 2.75) is 58.0 Å². The number of nitrogens with zero attached hydrogens (tertiary/aromatic N) is 2. The van der Waals surface area contributed by atoms with Gasteiger partial charge in [0.1, 0.15) is 0 Å². The Hall–Kier alpha value is -1.33. The SMILES string of the molecule is COc1cnn(C(C)C)c1C(CC1=CCCCC1)NN. The number of hydrogen-bond donors (Lipinski definition) is 2. The summed E-state index contributed by atoms with van der Waals surface area (Å²) in [4.78, 5) is 0. The Labute approximate surface area is 121 Å². The number of nitrogens with two attached hydrogens (primary N) is 1. The summed E-state index contributed by atoms with van der Waals surface area (Å²) in [7, 11) is 1.68. The Bertz CT molecular complexity index is 464. The Morgan fingerprint density at radius 1 is 1.45 bits per heavy atom. The number of aromatic nitrogens is 2. The molecule has 20 heavy (non-hydrogen) atoms. The maximum Gasteiger partial charge on any atom is 0.161 e. The Kier molecular flexibility index (Phi) is 5.20. The predicted octanol–water partition coefficient (Wildman–Crippen LogP) is 2.87. The third kappa shape index (κ3) is 3.22. The van der Waals surface area contributed by atoms with Gasteiger partial charge in [0.2, 0.25) is 0 Å². The smallest absolute Gasteiger partial charge is 0.161 e. The molecule has 1 aromatic rings. The first-order chi connectivity index (χ1) is 9.67. The first-order valence-corrected chi connectivity index (χ1v) is 7.42. The quantitative estimate of drug-likeness (QED) is 0.477. The monoisotopic (exact) mass is 278 g/mol. The van der Waals surface area contributed by atoms with Crippen LogP contribution in [0.3, 0.4) is 0 Å². The number of allylic oxidation sites excluding steroid dienone is 1. The van der Waals surface area contributed by atoms with Crippen LogP contribution >= 0.6 is 0 Å². The molecule has 0 aliphatic heterocycles. The van der Waals surface area contributed by atoms with Gasteiger partial charge in [-0.05, 0) is 46.0 Å². The summed E-state index contributed by atoms with van der Waals surface area (Å²) in [6.07, 6.45) is 10.0. The lowest BCUT2D eigenvalue weighted by molar-refractivity contribution is 0.382. The van der Waals surface area contributed by atoms with E-state index in [1.807, 2.05) is 4.68 Å². The van der Waals surface area contributed by atoms with E-state index in [4.69, 9.17) is 10.6 Å². The molecule has 5 nitrogen and oxygen atoms in total. The highest BCUT2D eigenvalue weighted by atomic mass is 16.5. The van der Waals surface area contributed by atoms with E-state index in [0.717, 1.165) is 17.9 Å². The molecule has 0 saturated carbocycles. The van der Waals surface area contributed by atoms with Gasteiger partial charge >= 0.3 is 0 Å². The Morgan fingerprint density at radius 3 is 2.80 bits per heavy atom. The summed E-state index contributed by atoms with van der Waals surface area (Å²) in [6.45, 7) is 4.23. The van der Waals surface area contributed by atoms with Crippen molar-refractivity contribution in [1.29, 1.82) is 0 Å². The van der Waals surface area contributed by atoms with Crippen LogP contribution in [-0.2, 0) is 0 Å². The van der Waals surface area contributed by atoms with Gasteiger partial charge in [-0.2, -0.15) is 5.10 Å². The van der Waals surface area contributed by atoms with Crippen LogP contribution in [-0.4, -0.2) is 16.9 Å². The molecule has 0 saturated heterocycles. The fourth-order valence-electron chi connectivity index (χ4n) is 2.84. The van der Waals surface area contributed by atoms with Crippen LogP contribution in [0.25, 0.3) is 0 Å². The van der Waals surface area contributed by atoms with Gasteiger partial charge in [0.15, 0.2) is 5.75 Å². The minimum absolute atomic E-state index is 0.0409. The average Bonchev–Trinajstić information content (AvgIpc) is 2.89. The van der Waals surface area contributed by atoms with Crippen molar-refractivity contribution in [3.05, 3.63) is 23.5 Å². The predicted molar refractivity (Wildman–Crippen MR) is 80.4 cm³/mol. The zero-order valence-electron chi connectivity index (χ0n) is 12.7. The van der Waals surface area contributed by atoms with Gasteiger partial charge < -0.3 is 4.74 Å². The fourth-order valence-corrected chi connectivity index (χ4v) is 2.84. The zero-order chi connectivity index (χ0) is 14.5. The van der Waals surface area contributed by atoms with Crippen LogP contribution < -0.4 is 16.0 Å². The van der Waals surface area contributed by atoms with E-state index in [-0.39, 0.29) is 12.1 Å². The molecule has 0 radical (unpaired) electrons. The molecule has 1 aliphatic carbocycles. The molecule has 2 rings (SSSR count). The summed E-state index contributed by atoms with van der Waals surface area (Å²) in [5, 5.41) is 4.43. The van der Waals surface area contributed by atoms with E-state index in [1.165, 1.54) is 31.3 Å². The molecule has 0 bridgehead atoms. The second-order valence-electron chi connectivity index (χ2n) is 5.67. The standard InChI is InChI=1S/C15H26N4O/c1-11(2)19-15(14(20-3)10-17-19)13(18-16)9-12-7-5-4-6-8-12/h7,10-11,13,18H,4-6,8-9,16H2,1-3H3. The third-order valence-corrected chi connectivity index (χ3v) is 3.89. The Balaban J connectivity index is 2.25. The van der Waals surface area contributed by atoms with Crippen molar-refractivity contribution in [1.82, 2.24) is 15.2 Å². The number of rotatable bonds is 6.